The van der Waals surface area contributed by atoms with E-state index in [9.17, 15) is 0 Å². The highest BCUT2D eigenvalue weighted by Gasteiger charge is 2.47. The van der Waals surface area contributed by atoms with Gasteiger partial charge in [-0.15, -0.1) is 0 Å². The van der Waals surface area contributed by atoms with E-state index in [1.165, 1.54) is 88.0 Å². The first-order valence-electron chi connectivity index (χ1n) is 20.3. The van der Waals surface area contributed by atoms with Crippen LogP contribution in [-0.4, -0.2) is 0 Å². The highest BCUT2D eigenvalue weighted by molar-refractivity contribution is 6.15. The third-order valence-electron chi connectivity index (χ3n) is 12.6. The maximum absolute atomic E-state index is 2.56. The van der Waals surface area contributed by atoms with Crippen LogP contribution in [0.1, 0.15) is 33.4 Å². The molecule has 274 valence electrons. The summed E-state index contributed by atoms with van der Waals surface area (Å²) in [7, 11) is 0. The van der Waals surface area contributed by atoms with Crippen LogP contribution in [0, 0.1) is 13.8 Å². The predicted molar refractivity (Wildman–Crippen MR) is 246 cm³/mol. The average molecular weight is 740 g/mol. The Bertz CT molecular complexity index is 3160. The fourth-order valence-electron chi connectivity index (χ4n) is 9.98. The molecule has 10 aromatic carbocycles. The summed E-state index contributed by atoms with van der Waals surface area (Å²) in [5, 5.41) is 7.35. The predicted octanol–water partition coefficient (Wildman–Crippen LogP) is 15.3. The van der Waals surface area contributed by atoms with E-state index < -0.39 is 5.41 Å². The molecule has 11 rings (SSSR count). The zero-order chi connectivity index (χ0) is 38.8. The second kappa shape index (κ2) is 13.5. The Kier molecular flexibility index (Phi) is 7.91. The molecule has 0 aromatic heterocycles. The van der Waals surface area contributed by atoms with Gasteiger partial charge in [0.15, 0.2) is 0 Å². The number of hydrogen-bond donors (Lipinski definition) is 0. The van der Waals surface area contributed by atoms with Crippen LogP contribution >= 0.6 is 0 Å². The van der Waals surface area contributed by atoms with Gasteiger partial charge in [0.25, 0.3) is 0 Å². The summed E-state index contributed by atoms with van der Waals surface area (Å²) in [6.45, 7) is 4.49. The molecule has 1 aliphatic rings. The molecule has 0 unspecified atom stereocenters. The van der Waals surface area contributed by atoms with Crippen molar-refractivity contribution in [2.75, 3.05) is 4.90 Å². The summed E-state index contributed by atoms with van der Waals surface area (Å²) in [6, 6.07) is 78.9. The molecule has 0 amide bonds. The molecule has 0 spiro atoms. The van der Waals surface area contributed by atoms with Crippen molar-refractivity contribution in [3.63, 3.8) is 0 Å². The van der Waals surface area contributed by atoms with Gasteiger partial charge in [0.1, 0.15) is 0 Å². The lowest BCUT2D eigenvalue weighted by Crippen LogP contribution is -2.28. The molecular formula is C57H41N. The summed E-state index contributed by atoms with van der Waals surface area (Å²) >= 11 is 0. The lowest BCUT2D eigenvalue weighted by Gasteiger charge is -2.35. The van der Waals surface area contributed by atoms with Crippen LogP contribution in [0.2, 0.25) is 0 Å². The van der Waals surface area contributed by atoms with Gasteiger partial charge in [0, 0.05) is 16.6 Å². The molecule has 0 radical (unpaired) electrons. The minimum atomic E-state index is -0.533. The van der Waals surface area contributed by atoms with Crippen molar-refractivity contribution in [3.05, 3.63) is 246 Å². The molecule has 1 aliphatic carbocycles. The van der Waals surface area contributed by atoms with Crippen LogP contribution in [0.5, 0.6) is 0 Å². The topological polar surface area (TPSA) is 3.24 Å². The van der Waals surface area contributed by atoms with Gasteiger partial charge in [-0.2, -0.15) is 0 Å². The van der Waals surface area contributed by atoms with Gasteiger partial charge < -0.3 is 4.90 Å². The molecule has 0 atom stereocenters. The third-order valence-corrected chi connectivity index (χ3v) is 12.6. The molecule has 58 heavy (non-hydrogen) atoms. The first-order chi connectivity index (χ1) is 28.6. The van der Waals surface area contributed by atoms with Crippen LogP contribution in [0.25, 0.3) is 54.6 Å². The Morgan fingerprint density at radius 3 is 1.64 bits per heavy atom. The van der Waals surface area contributed by atoms with Gasteiger partial charge in [-0.3, -0.25) is 0 Å². The smallest absolute Gasteiger partial charge is 0.0714 e. The number of hydrogen-bond acceptors (Lipinski definition) is 1. The van der Waals surface area contributed by atoms with Crippen LogP contribution in [0.3, 0.4) is 0 Å². The van der Waals surface area contributed by atoms with Gasteiger partial charge >= 0.3 is 0 Å². The summed E-state index contributed by atoms with van der Waals surface area (Å²) < 4.78 is 0. The number of rotatable bonds is 6. The molecule has 1 heteroatoms. The van der Waals surface area contributed by atoms with E-state index in [0.717, 1.165) is 17.1 Å². The molecule has 0 saturated carbocycles. The second-order valence-corrected chi connectivity index (χ2v) is 15.7. The van der Waals surface area contributed by atoms with Gasteiger partial charge in [0.05, 0.1) is 16.8 Å². The molecule has 0 N–H and O–H groups in total. The maximum Gasteiger partial charge on any atom is 0.0714 e. The molecule has 0 heterocycles. The van der Waals surface area contributed by atoms with Crippen molar-refractivity contribution < 1.29 is 0 Å². The summed E-state index contributed by atoms with van der Waals surface area (Å²) in [6.07, 6.45) is 0. The minimum absolute atomic E-state index is 0.533. The molecule has 1 nitrogen and oxygen atoms in total. The van der Waals surface area contributed by atoms with Crippen molar-refractivity contribution in [2.24, 2.45) is 0 Å². The number of fused-ring (bicyclic) bond motifs is 7. The van der Waals surface area contributed by atoms with E-state index in [-0.39, 0.29) is 0 Å². The average Bonchev–Trinajstić information content (AvgIpc) is 3.58. The van der Waals surface area contributed by atoms with Crippen molar-refractivity contribution >= 4 is 49.4 Å². The minimum Gasteiger partial charge on any atom is -0.309 e. The van der Waals surface area contributed by atoms with E-state index >= 15 is 0 Å². The lowest BCUT2D eigenvalue weighted by molar-refractivity contribution is 0.768. The second-order valence-electron chi connectivity index (χ2n) is 15.7. The third kappa shape index (κ3) is 5.10. The van der Waals surface area contributed by atoms with Gasteiger partial charge in [-0.25, -0.2) is 0 Å². The quantitative estimate of drug-likeness (QED) is 0.154. The van der Waals surface area contributed by atoms with E-state index in [1.807, 2.05) is 0 Å². The first-order valence-corrected chi connectivity index (χ1v) is 20.3. The number of aryl methyl sites for hydroxylation is 2. The fraction of sp³-hybridized carbons (Fsp3) is 0.0526. The Morgan fingerprint density at radius 2 is 0.914 bits per heavy atom. The molecule has 0 fully saturated rings. The Labute approximate surface area is 340 Å². The molecule has 0 aliphatic heterocycles. The number of nitrogens with zero attached hydrogens (tertiary/aromatic N) is 1. The molecular weight excluding hydrogens is 699 g/mol. The highest BCUT2D eigenvalue weighted by Crippen LogP contribution is 2.58. The maximum atomic E-state index is 2.56. The van der Waals surface area contributed by atoms with E-state index in [1.54, 1.807) is 0 Å². The molecule has 0 saturated heterocycles. The van der Waals surface area contributed by atoms with Crippen LogP contribution in [-0.2, 0) is 5.41 Å². The summed E-state index contributed by atoms with van der Waals surface area (Å²) in [5.74, 6) is 0. The zero-order valence-electron chi connectivity index (χ0n) is 32.7. The van der Waals surface area contributed by atoms with Crippen molar-refractivity contribution in [1.82, 2.24) is 0 Å². The zero-order valence-corrected chi connectivity index (χ0v) is 32.7. The Hall–Kier alpha value is -7.22. The first kappa shape index (κ1) is 34.1. The lowest BCUT2D eigenvalue weighted by atomic mass is 9.67. The van der Waals surface area contributed by atoms with E-state index in [2.05, 4.69) is 231 Å². The number of benzene rings is 10. The fourth-order valence-corrected chi connectivity index (χ4v) is 9.98. The Balaban J connectivity index is 1.29. The Morgan fingerprint density at radius 1 is 0.345 bits per heavy atom. The molecule has 0 bridgehead atoms. The van der Waals surface area contributed by atoms with E-state index in [4.69, 9.17) is 0 Å². The van der Waals surface area contributed by atoms with Gasteiger partial charge in [-0.1, -0.05) is 182 Å². The van der Waals surface area contributed by atoms with Crippen molar-refractivity contribution in [2.45, 2.75) is 19.3 Å². The van der Waals surface area contributed by atoms with Crippen LogP contribution < -0.4 is 4.90 Å². The summed E-state index contributed by atoms with van der Waals surface area (Å²) in [4.78, 5) is 2.56. The monoisotopic (exact) mass is 739 g/mol. The standard InChI is InChI=1S/C57H41N/c1-38-18-9-13-27-46(38)51-34-40-20-10-11-21-41(40)35-55(51)58(54-36-42-22-12-14-28-47(42)48-29-15-16-30-49(48)54)45-32-33-50-53(37-45)57(43-23-5-3-6-24-43,44-25-7-4-8-26-44)52-31-17-19-39(2)56(50)52/h3-37H,1-2H3. The summed E-state index contributed by atoms with van der Waals surface area (Å²) in [5.41, 5.74) is 15.6. The number of anilines is 3. The van der Waals surface area contributed by atoms with Gasteiger partial charge in [-0.05, 0) is 121 Å². The van der Waals surface area contributed by atoms with Crippen molar-refractivity contribution in [3.8, 4) is 22.3 Å². The largest absolute Gasteiger partial charge is 0.309 e. The SMILES string of the molecule is Cc1ccccc1-c1cc2ccccc2cc1N(c1ccc2c(c1)C(c1ccccc1)(c1ccccc1)c1cccc(C)c1-2)c1cc2ccccc2c2ccccc12. The van der Waals surface area contributed by atoms with Gasteiger partial charge in [0.2, 0.25) is 0 Å². The van der Waals surface area contributed by atoms with Crippen molar-refractivity contribution in [1.29, 1.82) is 0 Å². The normalized spacial score (nSPS) is 12.8. The van der Waals surface area contributed by atoms with E-state index in [0.29, 0.717) is 0 Å². The van der Waals surface area contributed by atoms with Crippen LogP contribution in [0.15, 0.2) is 212 Å². The van der Waals surface area contributed by atoms with Crippen LogP contribution in [0.4, 0.5) is 17.1 Å². The molecule has 10 aromatic rings. The highest BCUT2D eigenvalue weighted by atomic mass is 15.1.